The summed E-state index contributed by atoms with van der Waals surface area (Å²) in [5.74, 6) is -2.20. The number of aliphatic hydroxyl groups is 1. The first kappa shape index (κ1) is 45.6. The number of unbranched alkanes of at least 4 members (excludes halogenated alkanes) is 18. The van der Waals surface area contributed by atoms with Crippen LogP contribution in [0.3, 0.4) is 0 Å². The number of nitrogens with zero attached hydrogens (tertiary/aromatic N) is 2. The van der Waals surface area contributed by atoms with E-state index in [1.54, 1.807) is 0 Å². The van der Waals surface area contributed by atoms with Crippen LogP contribution in [0.4, 0.5) is 8.78 Å². The van der Waals surface area contributed by atoms with Crippen molar-refractivity contribution in [1.29, 1.82) is 0 Å². The molecule has 0 saturated heterocycles. The molecule has 0 fully saturated rings. The largest absolute Gasteiger partial charge is 0.466 e. The van der Waals surface area contributed by atoms with Gasteiger partial charge in [0.25, 0.3) is 11.1 Å². The highest BCUT2D eigenvalue weighted by molar-refractivity contribution is 5.65. The second-order valence-corrected chi connectivity index (χ2v) is 12.6. The van der Waals surface area contributed by atoms with Gasteiger partial charge < -0.3 is 19.3 Å². The van der Waals surface area contributed by atoms with Crippen LogP contribution >= 0.6 is 0 Å². The first-order valence-electron chi connectivity index (χ1n) is 18.5. The molecule has 0 bridgehead atoms. The topological polar surface area (TPSA) is 175 Å². The molecule has 0 saturated carbocycles. The van der Waals surface area contributed by atoms with Crippen molar-refractivity contribution in [3.05, 3.63) is 65.7 Å². The van der Waals surface area contributed by atoms with Crippen LogP contribution in [0.1, 0.15) is 135 Å². The number of nitrogens with one attached hydrogen (secondary N) is 2. The number of aliphatic hydroxyl groups excluding tert-OH is 1. The number of hydrogen-bond donors (Lipinski definition) is 3. The Hall–Kier alpha value is -3.43. The Morgan fingerprint density at radius 3 is 1.22 bits per heavy atom. The number of H-pyrrole nitrogens is 2. The van der Waals surface area contributed by atoms with Gasteiger partial charge in [0.2, 0.25) is 11.6 Å². The van der Waals surface area contributed by atoms with Gasteiger partial charge >= 0.3 is 17.3 Å². The highest BCUT2D eigenvalue weighted by Crippen LogP contribution is 2.12. The van der Waals surface area contributed by atoms with Crippen LogP contribution in [0, 0.1) is 11.6 Å². The zero-order chi connectivity index (χ0) is 37.5. The number of aromatic amines is 2. The lowest BCUT2D eigenvalue weighted by molar-refractivity contribution is -0.141. The highest BCUT2D eigenvalue weighted by Gasteiger charge is 2.05. The molecule has 2 aromatic heterocycles. The molecule has 13 nitrogen and oxygen atoms in total. The Kier molecular flexibility index (Phi) is 27.0. The summed E-state index contributed by atoms with van der Waals surface area (Å²) in [4.78, 5) is 59.0. The van der Waals surface area contributed by atoms with Crippen LogP contribution in [0.2, 0.25) is 0 Å². The summed E-state index contributed by atoms with van der Waals surface area (Å²) in [5, 5.41) is 8.67. The number of ether oxygens (including phenoxy) is 3. The third-order valence-electron chi connectivity index (χ3n) is 8.08. The molecule has 2 heterocycles. The molecule has 0 atom stereocenters. The standard InChI is InChI=1S/C19H31FN2O5.C17H29FN2O4/c1-16(23)27-13-11-9-7-5-3-2-4-6-8-10-12-26-15-22-14-17(20)18(24)21-19(22)25;18-15-13-20(17(23)19-16(15)22)14-24-12-10-8-6-4-2-1-3-5-7-9-11-21/h14H,2-13,15H2,1H3,(H,21,24,25);13,21H,1-12,14H2,(H,19,22,23). The fraction of sp³-hybridized carbons (Fsp3) is 0.750. The molecule has 51 heavy (non-hydrogen) atoms. The van der Waals surface area contributed by atoms with E-state index in [9.17, 15) is 32.8 Å². The molecular formula is C36H60F2N4O9. The van der Waals surface area contributed by atoms with Crippen molar-refractivity contribution in [3.8, 4) is 0 Å². The van der Waals surface area contributed by atoms with E-state index in [-0.39, 0.29) is 19.4 Å². The molecule has 0 unspecified atom stereocenters. The Balaban J connectivity index is 0.000000514. The molecule has 0 aliphatic carbocycles. The summed E-state index contributed by atoms with van der Waals surface area (Å²) in [6, 6.07) is 0. The lowest BCUT2D eigenvalue weighted by Gasteiger charge is -2.07. The number of esters is 1. The lowest BCUT2D eigenvalue weighted by atomic mass is 10.1. The van der Waals surface area contributed by atoms with Crippen molar-refractivity contribution in [1.82, 2.24) is 19.1 Å². The monoisotopic (exact) mass is 730 g/mol. The van der Waals surface area contributed by atoms with Crippen LogP contribution in [-0.4, -0.2) is 56.6 Å². The average Bonchev–Trinajstić information content (AvgIpc) is 3.09. The van der Waals surface area contributed by atoms with Gasteiger partial charge in [0.1, 0.15) is 13.5 Å². The Bertz CT molecular complexity index is 1420. The summed E-state index contributed by atoms with van der Waals surface area (Å²) >= 11 is 0. The number of hydrogen-bond acceptors (Lipinski definition) is 9. The van der Waals surface area contributed by atoms with Crippen molar-refractivity contribution in [2.24, 2.45) is 0 Å². The predicted octanol–water partition coefficient (Wildman–Crippen LogP) is 5.66. The van der Waals surface area contributed by atoms with Gasteiger partial charge in [-0.1, -0.05) is 103 Å². The van der Waals surface area contributed by atoms with E-state index in [0.29, 0.717) is 26.4 Å². The number of rotatable bonds is 29. The zero-order valence-electron chi connectivity index (χ0n) is 30.4. The molecule has 0 aromatic carbocycles. The smallest absolute Gasteiger partial charge is 0.330 e. The van der Waals surface area contributed by atoms with Gasteiger partial charge in [-0.25, -0.2) is 9.59 Å². The maximum Gasteiger partial charge on any atom is 0.330 e. The van der Waals surface area contributed by atoms with E-state index in [4.69, 9.17) is 19.3 Å². The van der Waals surface area contributed by atoms with Crippen molar-refractivity contribution in [2.75, 3.05) is 26.4 Å². The van der Waals surface area contributed by atoms with E-state index in [1.165, 1.54) is 71.1 Å². The lowest BCUT2D eigenvalue weighted by Crippen LogP contribution is -2.32. The fourth-order valence-electron chi connectivity index (χ4n) is 5.15. The molecule has 2 rings (SSSR count). The molecule has 0 amide bonds. The quantitative estimate of drug-likeness (QED) is 0.0705. The minimum atomic E-state index is -1.02. The minimum Gasteiger partial charge on any atom is -0.466 e. The van der Waals surface area contributed by atoms with Gasteiger partial charge in [-0.2, -0.15) is 8.78 Å². The van der Waals surface area contributed by atoms with E-state index in [1.807, 2.05) is 9.97 Å². The van der Waals surface area contributed by atoms with Crippen molar-refractivity contribution >= 4 is 5.97 Å². The summed E-state index contributed by atoms with van der Waals surface area (Å²) in [7, 11) is 0. The van der Waals surface area contributed by atoms with Crippen molar-refractivity contribution in [3.63, 3.8) is 0 Å². The molecule has 0 aliphatic rings. The molecule has 3 N–H and O–H groups in total. The first-order valence-corrected chi connectivity index (χ1v) is 18.5. The van der Waals surface area contributed by atoms with E-state index in [2.05, 4.69) is 0 Å². The van der Waals surface area contributed by atoms with Gasteiger partial charge in [-0.3, -0.25) is 33.5 Å². The zero-order valence-corrected chi connectivity index (χ0v) is 30.4. The predicted molar refractivity (Wildman–Crippen MR) is 191 cm³/mol. The van der Waals surface area contributed by atoms with Crippen LogP contribution < -0.4 is 22.5 Å². The second-order valence-electron chi connectivity index (χ2n) is 12.6. The molecular weight excluding hydrogens is 670 g/mol. The van der Waals surface area contributed by atoms with Gasteiger partial charge in [-0.05, 0) is 25.7 Å². The van der Waals surface area contributed by atoms with E-state index >= 15 is 0 Å². The van der Waals surface area contributed by atoms with Gasteiger partial charge in [0.05, 0.1) is 19.0 Å². The number of aromatic nitrogens is 4. The first-order chi connectivity index (χ1) is 24.6. The molecule has 292 valence electrons. The molecule has 0 radical (unpaired) electrons. The van der Waals surface area contributed by atoms with Gasteiger partial charge in [0.15, 0.2) is 0 Å². The average molecular weight is 731 g/mol. The van der Waals surface area contributed by atoms with Crippen LogP contribution in [0.15, 0.2) is 31.6 Å². The maximum absolute atomic E-state index is 13.1. The van der Waals surface area contributed by atoms with Crippen LogP contribution in [0.25, 0.3) is 0 Å². The minimum absolute atomic E-state index is 0.0552. The van der Waals surface area contributed by atoms with Crippen LogP contribution in [0.5, 0.6) is 0 Å². The summed E-state index contributed by atoms with van der Waals surface area (Å²) in [5.41, 5.74) is -3.36. The molecule has 2 aromatic rings. The molecule has 15 heteroatoms. The summed E-state index contributed by atoms with van der Waals surface area (Å²) in [6.07, 6.45) is 24.2. The van der Waals surface area contributed by atoms with Crippen molar-refractivity contribution in [2.45, 2.75) is 149 Å². The third-order valence-corrected chi connectivity index (χ3v) is 8.08. The highest BCUT2D eigenvalue weighted by atomic mass is 19.1. The third kappa shape index (κ3) is 24.4. The second kappa shape index (κ2) is 30.2. The molecule has 0 aliphatic heterocycles. The van der Waals surface area contributed by atoms with Crippen molar-refractivity contribution < 1.29 is 32.9 Å². The maximum atomic E-state index is 13.1. The van der Waals surface area contributed by atoms with Crippen LogP contribution in [-0.2, 0) is 32.5 Å². The van der Waals surface area contributed by atoms with Gasteiger partial charge in [-0.15, -0.1) is 0 Å². The summed E-state index contributed by atoms with van der Waals surface area (Å²) in [6.45, 7) is 3.15. The SMILES string of the molecule is CC(=O)OCCCCCCCCCCCCOCn1cc(F)c(=O)[nH]c1=O.O=c1[nH]c(=O)n(COCCCCCCCCCCCCO)cc1F. The van der Waals surface area contributed by atoms with Gasteiger partial charge in [0, 0.05) is 26.7 Å². The number of carbonyl (C=O) groups excluding carboxylic acids is 1. The van der Waals surface area contributed by atoms with E-state index in [0.717, 1.165) is 85.7 Å². The Labute approximate surface area is 298 Å². The summed E-state index contributed by atoms with van der Waals surface area (Å²) < 4.78 is 43.7. The fourth-order valence-corrected chi connectivity index (χ4v) is 5.15. The number of halogens is 2. The Morgan fingerprint density at radius 2 is 0.882 bits per heavy atom. The molecule has 0 spiro atoms. The normalized spacial score (nSPS) is 11.0. The van der Waals surface area contributed by atoms with E-state index < -0.39 is 34.1 Å². The number of carbonyl (C=O) groups is 1. The Morgan fingerprint density at radius 1 is 0.569 bits per heavy atom.